The van der Waals surface area contributed by atoms with Gasteiger partial charge in [0.2, 0.25) is 0 Å². The number of hydrogen-bond acceptors (Lipinski definition) is 1. The van der Waals surface area contributed by atoms with Crippen molar-refractivity contribution in [1.82, 2.24) is 0 Å². The summed E-state index contributed by atoms with van der Waals surface area (Å²) in [5, 5.41) is 0. The third-order valence-corrected chi connectivity index (χ3v) is 2.27. The molecule has 1 unspecified atom stereocenters. The first kappa shape index (κ1) is 11.1. The fraction of sp³-hybridized carbons (Fsp3) is 0.455. The molecule has 0 fully saturated rings. The number of alkyl halides is 2. The van der Waals surface area contributed by atoms with E-state index in [-0.39, 0.29) is 12.3 Å². The van der Waals surface area contributed by atoms with Crippen LogP contribution in [0.15, 0.2) is 30.3 Å². The second-order valence-corrected chi connectivity index (χ2v) is 3.58. The van der Waals surface area contributed by atoms with Gasteiger partial charge >= 0.3 is 0 Å². The molecule has 0 saturated carbocycles. The lowest BCUT2D eigenvalue weighted by molar-refractivity contribution is -0.00339. The third kappa shape index (κ3) is 3.07. The van der Waals surface area contributed by atoms with E-state index >= 15 is 0 Å². The molecule has 14 heavy (non-hydrogen) atoms. The van der Waals surface area contributed by atoms with Gasteiger partial charge in [-0.25, -0.2) is 8.78 Å². The number of nitrogens with two attached hydrogens (primary N) is 1. The minimum absolute atomic E-state index is 0.158. The van der Waals surface area contributed by atoms with E-state index in [2.05, 4.69) is 0 Å². The van der Waals surface area contributed by atoms with Crippen LogP contribution in [0.2, 0.25) is 0 Å². The van der Waals surface area contributed by atoms with Crippen molar-refractivity contribution >= 4 is 0 Å². The number of halogens is 2. The number of benzene rings is 1. The summed E-state index contributed by atoms with van der Waals surface area (Å²) in [6.45, 7) is 1.21. The number of hydrogen-bond donors (Lipinski definition) is 1. The minimum atomic E-state index is -2.75. The molecule has 1 aromatic rings. The van der Waals surface area contributed by atoms with Crippen LogP contribution in [0, 0.1) is 0 Å². The van der Waals surface area contributed by atoms with Gasteiger partial charge in [-0.15, -0.1) is 0 Å². The quantitative estimate of drug-likeness (QED) is 0.792. The largest absolute Gasteiger partial charge is 0.325 e. The lowest BCUT2D eigenvalue weighted by Gasteiger charge is -2.19. The maximum absolute atomic E-state index is 13.0. The van der Waals surface area contributed by atoms with Crippen LogP contribution in [-0.4, -0.2) is 12.5 Å². The fourth-order valence-corrected chi connectivity index (χ4v) is 1.43. The van der Waals surface area contributed by atoms with Crippen LogP contribution in [0.1, 0.15) is 24.8 Å². The Morgan fingerprint density at radius 2 is 1.86 bits per heavy atom. The van der Waals surface area contributed by atoms with Gasteiger partial charge in [0.1, 0.15) is 0 Å². The van der Waals surface area contributed by atoms with Crippen LogP contribution in [0.4, 0.5) is 8.78 Å². The van der Waals surface area contributed by atoms with Crippen LogP contribution in [0.5, 0.6) is 0 Å². The van der Waals surface area contributed by atoms with Crippen LogP contribution in [-0.2, 0) is 0 Å². The standard InChI is InChI=1S/C11H15F2N/c1-9(7-11(12,13)8-14)10-5-3-2-4-6-10/h2-6,9H,7-8,14H2,1H3. The molecule has 0 aliphatic heterocycles. The maximum atomic E-state index is 13.0. The molecule has 0 radical (unpaired) electrons. The van der Waals surface area contributed by atoms with Crippen LogP contribution in [0.25, 0.3) is 0 Å². The van der Waals surface area contributed by atoms with Crippen molar-refractivity contribution in [2.24, 2.45) is 5.73 Å². The Bertz CT molecular complexity index is 272. The van der Waals surface area contributed by atoms with Crippen molar-refractivity contribution < 1.29 is 8.78 Å². The average Bonchev–Trinajstić information content (AvgIpc) is 2.19. The van der Waals surface area contributed by atoms with E-state index in [1.54, 1.807) is 6.92 Å². The molecule has 78 valence electrons. The predicted molar refractivity (Wildman–Crippen MR) is 53.5 cm³/mol. The summed E-state index contributed by atoms with van der Waals surface area (Å²) >= 11 is 0. The Hall–Kier alpha value is -0.960. The zero-order chi connectivity index (χ0) is 10.6. The van der Waals surface area contributed by atoms with E-state index in [1.807, 2.05) is 30.3 Å². The summed E-state index contributed by atoms with van der Waals surface area (Å²) in [7, 11) is 0. The molecular formula is C11H15F2N. The van der Waals surface area contributed by atoms with Gasteiger partial charge in [0.25, 0.3) is 5.92 Å². The second kappa shape index (κ2) is 4.51. The molecule has 3 heteroatoms. The molecule has 1 nitrogen and oxygen atoms in total. The van der Waals surface area contributed by atoms with Crippen molar-refractivity contribution in [1.29, 1.82) is 0 Å². The van der Waals surface area contributed by atoms with E-state index in [4.69, 9.17) is 5.73 Å². The Morgan fingerprint density at radius 3 is 2.36 bits per heavy atom. The van der Waals surface area contributed by atoms with E-state index in [0.717, 1.165) is 5.56 Å². The van der Waals surface area contributed by atoms with E-state index in [0.29, 0.717) is 0 Å². The van der Waals surface area contributed by atoms with Gasteiger partial charge < -0.3 is 5.73 Å². The Morgan fingerprint density at radius 1 is 1.29 bits per heavy atom. The van der Waals surface area contributed by atoms with Crippen LogP contribution < -0.4 is 5.73 Å². The van der Waals surface area contributed by atoms with Crippen LogP contribution >= 0.6 is 0 Å². The molecular weight excluding hydrogens is 184 g/mol. The zero-order valence-electron chi connectivity index (χ0n) is 8.21. The summed E-state index contributed by atoms with van der Waals surface area (Å²) in [6.07, 6.45) is -0.187. The topological polar surface area (TPSA) is 26.0 Å². The second-order valence-electron chi connectivity index (χ2n) is 3.58. The van der Waals surface area contributed by atoms with Gasteiger partial charge in [-0.2, -0.15) is 0 Å². The SMILES string of the molecule is CC(CC(F)(F)CN)c1ccccc1. The van der Waals surface area contributed by atoms with Crippen molar-refractivity contribution in [3.8, 4) is 0 Å². The highest BCUT2D eigenvalue weighted by atomic mass is 19.3. The molecule has 1 aromatic carbocycles. The van der Waals surface area contributed by atoms with Gasteiger partial charge in [0.05, 0.1) is 6.54 Å². The fourth-order valence-electron chi connectivity index (χ4n) is 1.43. The number of rotatable bonds is 4. The van der Waals surface area contributed by atoms with Gasteiger partial charge in [-0.1, -0.05) is 37.3 Å². The average molecular weight is 199 g/mol. The van der Waals surface area contributed by atoms with E-state index < -0.39 is 12.5 Å². The van der Waals surface area contributed by atoms with E-state index in [9.17, 15) is 8.78 Å². The molecule has 1 rings (SSSR count). The molecule has 0 bridgehead atoms. The van der Waals surface area contributed by atoms with Crippen molar-refractivity contribution in [3.05, 3.63) is 35.9 Å². The minimum Gasteiger partial charge on any atom is -0.325 e. The highest BCUT2D eigenvalue weighted by Gasteiger charge is 2.29. The van der Waals surface area contributed by atoms with Crippen molar-refractivity contribution in [2.45, 2.75) is 25.2 Å². The van der Waals surface area contributed by atoms with Gasteiger partial charge in [0, 0.05) is 6.42 Å². The highest BCUT2D eigenvalue weighted by Crippen LogP contribution is 2.28. The zero-order valence-corrected chi connectivity index (χ0v) is 8.21. The summed E-state index contributed by atoms with van der Waals surface area (Å²) in [5.74, 6) is -2.91. The predicted octanol–water partition coefficient (Wildman–Crippen LogP) is 2.77. The van der Waals surface area contributed by atoms with Crippen molar-refractivity contribution in [2.75, 3.05) is 6.54 Å². The highest BCUT2D eigenvalue weighted by molar-refractivity contribution is 5.19. The summed E-state index contributed by atoms with van der Waals surface area (Å²) in [4.78, 5) is 0. The Balaban J connectivity index is 2.64. The molecule has 2 N–H and O–H groups in total. The first-order valence-electron chi connectivity index (χ1n) is 4.68. The first-order valence-corrected chi connectivity index (χ1v) is 4.68. The molecule has 0 aliphatic rings. The van der Waals surface area contributed by atoms with Gasteiger partial charge in [-0.05, 0) is 11.5 Å². The molecule has 1 atom stereocenters. The summed E-state index contributed by atoms with van der Waals surface area (Å²) in [5.41, 5.74) is 5.91. The first-order chi connectivity index (χ1) is 6.55. The molecule has 0 aromatic heterocycles. The third-order valence-electron chi connectivity index (χ3n) is 2.27. The summed E-state index contributed by atoms with van der Waals surface area (Å²) < 4.78 is 25.9. The lowest BCUT2D eigenvalue weighted by Crippen LogP contribution is -2.29. The Kier molecular flexibility index (Phi) is 3.58. The normalized spacial score (nSPS) is 14.0. The molecule has 0 heterocycles. The molecule has 0 saturated heterocycles. The lowest BCUT2D eigenvalue weighted by atomic mass is 9.95. The molecule has 0 spiro atoms. The summed E-state index contributed by atoms with van der Waals surface area (Å²) in [6, 6.07) is 9.30. The molecule has 0 amide bonds. The smallest absolute Gasteiger partial charge is 0.260 e. The Labute approximate surface area is 82.9 Å². The van der Waals surface area contributed by atoms with E-state index in [1.165, 1.54) is 0 Å². The van der Waals surface area contributed by atoms with Gasteiger partial charge in [0.15, 0.2) is 0 Å². The monoisotopic (exact) mass is 199 g/mol. The van der Waals surface area contributed by atoms with Gasteiger partial charge in [-0.3, -0.25) is 0 Å². The van der Waals surface area contributed by atoms with Crippen LogP contribution in [0.3, 0.4) is 0 Å². The van der Waals surface area contributed by atoms with Crippen molar-refractivity contribution in [3.63, 3.8) is 0 Å². The maximum Gasteiger partial charge on any atom is 0.260 e. The molecule has 0 aliphatic carbocycles.